The molecule has 2 atom stereocenters. The number of nitrogens with one attached hydrogen (secondary N) is 2. The van der Waals surface area contributed by atoms with Gasteiger partial charge in [-0.3, -0.25) is 4.79 Å². The monoisotopic (exact) mass is 295 g/mol. The highest BCUT2D eigenvalue weighted by Gasteiger charge is 2.41. The summed E-state index contributed by atoms with van der Waals surface area (Å²) < 4.78 is 5.37. The van der Waals surface area contributed by atoms with E-state index < -0.39 is 0 Å². The van der Waals surface area contributed by atoms with Gasteiger partial charge in [-0.15, -0.1) is 0 Å². The maximum atomic E-state index is 12.8. The lowest BCUT2D eigenvalue weighted by Crippen LogP contribution is -2.55. The van der Waals surface area contributed by atoms with Gasteiger partial charge in [-0.25, -0.2) is 0 Å². The molecule has 0 saturated carbocycles. The van der Waals surface area contributed by atoms with Gasteiger partial charge in [0.15, 0.2) is 0 Å². The van der Waals surface area contributed by atoms with Crippen LogP contribution in [-0.4, -0.2) is 62.8 Å². The van der Waals surface area contributed by atoms with Crippen LogP contribution in [0.1, 0.15) is 38.5 Å². The Morgan fingerprint density at radius 1 is 1.33 bits per heavy atom. The van der Waals surface area contributed by atoms with E-state index in [1.54, 1.807) is 7.11 Å². The highest BCUT2D eigenvalue weighted by atomic mass is 16.5. The molecular formula is C16H29N3O2. The molecule has 0 radical (unpaired) electrons. The van der Waals surface area contributed by atoms with Crippen molar-refractivity contribution in [3.8, 4) is 0 Å². The molecule has 0 bridgehead atoms. The SMILES string of the molecule is COCC1(C(=O)NC2CCN3CCCC3C2)CCNCC1. The minimum atomic E-state index is -0.313. The molecule has 120 valence electrons. The number of amides is 1. The minimum absolute atomic E-state index is 0.224. The first-order chi connectivity index (χ1) is 10.2. The second kappa shape index (κ2) is 6.63. The number of ether oxygens (including phenoxy) is 1. The first kappa shape index (κ1) is 15.3. The summed E-state index contributed by atoms with van der Waals surface area (Å²) in [4.78, 5) is 15.4. The van der Waals surface area contributed by atoms with E-state index in [0.29, 0.717) is 18.7 Å². The number of hydrogen-bond donors (Lipinski definition) is 2. The molecule has 0 aliphatic carbocycles. The average molecular weight is 295 g/mol. The van der Waals surface area contributed by atoms with Gasteiger partial charge in [0.1, 0.15) is 0 Å². The molecule has 0 aromatic carbocycles. The number of carbonyl (C=O) groups is 1. The van der Waals surface area contributed by atoms with Gasteiger partial charge in [0, 0.05) is 25.7 Å². The van der Waals surface area contributed by atoms with E-state index in [9.17, 15) is 4.79 Å². The molecule has 21 heavy (non-hydrogen) atoms. The molecule has 5 heteroatoms. The Morgan fingerprint density at radius 2 is 2.14 bits per heavy atom. The first-order valence-corrected chi connectivity index (χ1v) is 8.48. The Kier molecular flexibility index (Phi) is 4.82. The van der Waals surface area contributed by atoms with Crippen molar-refractivity contribution in [2.24, 2.45) is 5.41 Å². The van der Waals surface area contributed by atoms with Crippen LogP contribution >= 0.6 is 0 Å². The molecule has 0 spiro atoms. The van der Waals surface area contributed by atoms with Gasteiger partial charge in [0.05, 0.1) is 12.0 Å². The lowest BCUT2D eigenvalue weighted by molar-refractivity contribution is -0.137. The van der Waals surface area contributed by atoms with Crippen molar-refractivity contribution in [3.05, 3.63) is 0 Å². The normalized spacial score (nSPS) is 32.6. The van der Waals surface area contributed by atoms with E-state index in [4.69, 9.17) is 4.74 Å². The molecule has 0 aromatic heterocycles. The first-order valence-electron chi connectivity index (χ1n) is 8.48. The second-order valence-corrected chi connectivity index (χ2v) is 6.99. The smallest absolute Gasteiger partial charge is 0.228 e. The fraction of sp³-hybridized carbons (Fsp3) is 0.938. The van der Waals surface area contributed by atoms with Gasteiger partial charge in [0.2, 0.25) is 5.91 Å². The van der Waals surface area contributed by atoms with Gasteiger partial charge in [-0.05, 0) is 58.2 Å². The van der Waals surface area contributed by atoms with E-state index in [1.807, 2.05) is 0 Å². The standard InChI is InChI=1S/C16H29N3O2/c1-21-12-16(5-7-17-8-6-16)15(20)18-13-4-10-19-9-2-3-14(19)11-13/h13-14,17H,2-12H2,1H3,(H,18,20). The van der Waals surface area contributed by atoms with Crippen molar-refractivity contribution in [2.45, 2.75) is 50.6 Å². The van der Waals surface area contributed by atoms with Gasteiger partial charge in [-0.1, -0.05) is 0 Å². The van der Waals surface area contributed by atoms with E-state index in [2.05, 4.69) is 15.5 Å². The third kappa shape index (κ3) is 3.25. The van der Waals surface area contributed by atoms with Crippen molar-refractivity contribution in [2.75, 3.05) is 39.9 Å². The predicted octanol–water partition coefficient (Wildman–Crippen LogP) is 0.746. The van der Waals surface area contributed by atoms with Crippen LogP contribution in [0, 0.1) is 5.41 Å². The fourth-order valence-electron chi connectivity index (χ4n) is 4.31. The average Bonchev–Trinajstić information content (AvgIpc) is 2.96. The molecule has 5 nitrogen and oxygen atoms in total. The molecule has 2 N–H and O–H groups in total. The van der Waals surface area contributed by atoms with Crippen molar-refractivity contribution in [3.63, 3.8) is 0 Å². The van der Waals surface area contributed by atoms with Crippen molar-refractivity contribution < 1.29 is 9.53 Å². The lowest BCUT2D eigenvalue weighted by Gasteiger charge is -2.39. The van der Waals surface area contributed by atoms with Gasteiger partial charge >= 0.3 is 0 Å². The second-order valence-electron chi connectivity index (χ2n) is 6.99. The molecular weight excluding hydrogens is 266 g/mol. The Labute approximate surface area is 127 Å². The van der Waals surface area contributed by atoms with Crippen LogP contribution in [0.3, 0.4) is 0 Å². The van der Waals surface area contributed by atoms with Crippen LogP contribution in [0.15, 0.2) is 0 Å². The van der Waals surface area contributed by atoms with Crippen LogP contribution in [-0.2, 0) is 9.53 Å². The quantitative estimate of drug-likeness (QED) is 0.803. The maximum Gasteiger partial charge on any atom is 0.228 e. The number of piperidine rings is 2. The Hall–Kier alpha value is -0.650. The minimum Gasteiger partial charge on any atom is -0.384 e. The molecule has 0 aromatic rings. The Balaban J connectivity index is 1.59. The maximum absolute atomic E-state index is 12.8. The van der Waals surface area contributed by atoms with E-state index in [1.165, 1.54) is 19.4 Å². The van der Waals surface area contributed by atoms with Crippen LogP contribution in [0.25, 0.3) is 0 Å². The molecule has 2 unspecified atom stereocenters. The number of nitrogens with zero attached hydrogens (tertiary/aromatic N) is 1. The molecule has 3 fully saturated rings. The third-order valence-electron chi connectivity index (χ3n) is 5.62. The molecule has 3 aliphatic rings. The zero-order valence-electron chi connectivity index (χ0n) is 13.2. The van der Waals surface area contributed by atoms with Crippen LogP contribution < -0.4 is 10.6 Å². The fourth-order valence-corrected chi connectivity index (χ4v) is 4.31. The highest BCUT2D eigenvalue weighted by molar-refractivity contribution is 5.83. The molecule has 3 heterocycles. The van der Waals surface area contributed by atoms with Crippen molar-refractivity contribution in [1.82, 2.24) is 15.5 Å². The highest BCUT2D eigenvalue weighted by Crippen LogP contribution is 2.31. The molecule has 3 rings (SSSR count). The predicted molar refractivity (Wildman–Crippen MR) is 82.2 cm³/mol. The molecule has 3 saturated heterocycles. The largest absolute Gasteiger partial charge is 0.384 e. The number of fused-ring (bicyclic) bond motifs is 1. The number of methoxy groups -OCH3 is 1. The zero-order chi connectivity index (χ0) is 14.7. The van der Waals surface area contributed by atoms with E-state index in [0.717, 1.165) is 45.3 Å². The summed E-state index contributed by atoms with van der Waals surface area (Å²) in [6, 6.07) is 1.07. The van der Waals surface area contributed by atoms with Gasteiger partial charge in [0.25, 0.3) is 0 Å². The van der Waals surface area contributed by atoms with Crippen LogP contribution in [0.4, 0.5) is 0 Å². The third-order valence-corrected chi connectivity index (χ3v) is 5.62. The molecule has 1 amide bonds. The summed E-state index contributed by atoms with van der Waals surface area (Å²) in [5.74, 6) is 0.224. The van der Waals surface area contributed by atoms with Gasteiger partial charge < -0.3 is 20.3 Å². The number of rotatable bonds is 4. The number of hydrogen-bond acceptors (Lipinski definition) is 4. The van der Waals surface area contributed by atoms with Crippen molar-refractivity contribution in [1.29, 1.82) is 0 Å². The van der Waals surface area contributed by atoms with Gasteiger partial charge in [-0.2, -0.15) is 0 Å². The Bertz CT molecular complexity index is 363. The Morgan fingerprint density at radius 3 is 2.90 bits per heavy atom. The number of carbonyl (C=O) groups excluding carboxylic acids is 1. The van der Waals surface area contributed by atoms with E-state index >= 15 is 0 Å². The summed E-state index contributed by atoms with van der Waals surface area (Å²) in [6.07, 6.45) is 6.63. The van der Waals surface area contributed by atoms with Crippen LogP contribution in [0.5, 0.6) is 0 Å². The summed E-state index contributed by atoms with van der Waals surface area (Å²) in [5.41, 5.74) is -0.313. The summed E-state index contributed by atoms with van der Waals surface area (Å²) >= 11 is 0. The summed E-state index contributed by atoms with van der Waals surface area (Å²) in [7, 11) is 1.70. The zero-order valence-corrected chi connectivity index (χ0v) is 13.2. The summed E-state index contributed by atoms with van der Waals surface area (Å²) in [5, 5.41) is 6.70. The molecule has 3 aliphatic heterocycles. The van der Waals surface area contributed by atoms with Crippen LogP contribution in [0.2, 0.25) is 0 Å². The van der Waals surface area contributed by atoms with Crippen molar-refractivity contribution >= 4 is 5.91 Å². The topological polar surface area (TPSA) is 53.6 Å². The summed E-state index contributed by atoms with van der Waals surface area (Å²) in [6.45, 7) is 4.78. The lowest BCUT2D eigenvalue weighted by atomic mass is 9.78. The van der Waals surface area contributed by atoms with E-state index in [-0.39, 0.29) is 11.3 Å².